The number of aromatic nitrogens is 3. The minimum atomic E-state index is -1.63. The van der Waals surface area contributed by atoms with Crippen LogP contribution in [0.5, 0.6) is 0 Å². The molecule has 6 atom stereocenters. The number of hydrogen-bond donors (Lipinski definition) is 13. The molecule has 23 nitrogen and oxygen atoms in total. The Labute approximate surface area is 385 Å². The molecule has 0 radical (unpaired) electrons. The van der Waals surface area contributed by atoms with E-state index < -0.39 is 96.5 Å². The smallest absolute Gasteiger partial charge is 0.305 e. The van der Waals surface area contributed by atoms with Gasteiger partial charge in [-0.2, -0.15) is 0 Å². The van der Waals surface area contributed by atoms with Gasteiger partial charge in [0, 0.05) is 54.8 Å². The number of primary amides is 1. The summed E-state index contributed by atoms with van der Waals surface area (Å²) < 4.78 is 0. The molecule has 0 fully saturated rings. The number of fused-ring (bicyclic) bond motifs is 1. The van der Waals surface area contributed by atoms with E-state index in [0.29, 0.717) is 23.2 Å². The maximum Gasteiger partial charge on any atom is 0.305 e. The SMILES string of the molecule is CCCC[C@H](N)C(=O)N[C@@H](CC(=O)O)C(=O)N[C@@H](Cc1cnc[nH]1)C(=O)N[C@H](Cc1ccccc1)C(=O)N[C@@H](CCCN=C(N)N)C(=O)N[C@@H](Cc1c[nH]c2ccccc12)C(=O)NCC(N)=O. The highest BCUT2D eigenvalue weighted by Crippen LogP contribution is 2.19. The highest BCUT2D eigenvalue weighted by molar-refractivity contribution is 5.98. The summed E-state index contributed by atoms with van der Waals surface area (Å²) in [5.74, 6) is -7.46. The number of unbranched alkanes of at least 4 members (excludes halogenated alkanes) is 1. The Morgan fingerprint density at radius 2 is 1.28 bits per heavy atom. The van der Waals surface area contributed by atoms with Gasteiger partial charge in [0.15, 0.2) is 5.96 Å². The second kappa shape index (κ2) is 26.2. The van der Waals surface area contributed by atoms with E-state index in [2.05, 4.69) is 51.8 Å². The van der Waals surface area contributed by atoms with Crippen molar-refractivity contribution in [1.29, 1.82) is 0 Å². The highest BCUT2D eigenvalue weighted by Gasteiger charge is 2.34. The first-order valence-electron chi connectivity index (χ1n) is 21.7. The molecule has 4 rings (SSSR count). The van der Waals surface area contributed by atoms with E-state index in [-0.39, 0.29) is 51.0 Å². The molecular weight excluding hydrogens is 869 g/mol. The zero-order valence-corrected chi connectivity index (χ0v) is 37.1. The van der Waals surface area contributed by atoms with Crippen LogP contribution >= 0.6 is 0 Å². The van der Waals surface area contributed by atoms with Gasteiger partial charge in [-0.1, -0.05) is 68.3 Å². The number of hydrogen-bond acceptors (Lipinski definition) is 11. The lowest BCUT2D eigenvalue weighted by atomic mass is 10.0. The number of para-hydroxylation sites is 1. The molecule has 0 saturated heterocycles. The Kier molecular flexibility index (Phi) is 20.3. The van der Waals surface area contributed by atoms with Gasteiger partial charge < -0.3 is 69.9 Å². The van der Waals surface area contributed by atoms with E-state index in [1.807, 2.05) is 31.2 Å². The molecule has 0 aliphatic rings. The number of amides is 7. The number of nitrogens with zero attached hydrogens (tertiary/aromatic N) is 2. The third-order valence-electron chi connectivity index (χ3n) is 10.5. The molecule has 17 N–H and O–H groups in total. The molecule has 0 aliphatic heterocycles. The Morgan fingerprint density at radius 1 is 0.687 bits per heavy atom. The van der Waals surface area contributed by atoms with Crippen LogP contribution in [0.1, 0.15) is 62.3 Å². The van der Waals surface area contributed by atoms with Gasteiger partial charge in [-0.25, -0.2) is 4.98 Å². The summed E-state index contributed by atoms with van der Waals surface area (Å²) in [6.07, 6.45) is 4.98. The molecule has 0 saturated carbocycles. The lowest BCUT2D eigenvalue weighted by Crippen LogP contribution is -2.60. The van der Waals surface area contributed by atoms with Crippen molar-refractivity contribution < 1.29 is 43.5 Å². The molecule has 0 bridgehead atoms. The summed E-state index contributed by atoms with van der Waals surface area (Å²) in [6, 6.07) is 7.76. The summed E-state index contributed by atoms with van der Waals surface area (Å²) in [4.78, 5) is 121. The van der Waals surface area contributed by atoms with Crippen LogP contribution < -0.4 is 54.8 Å². The van der Waals surface area contributed by atoms with Gasteiger partial charge in [-0.15, -0.1) is 0 Å². The zero-order valence-electron chi connectivity index (χ0n) is 37.1. The molecule has 23 heteroatoms. The molecule has 0 unspecified atom stereocenters. The normalized spacial score (nSPS) is 13.6. The second-order valence-electron chi connectivity index (χ2n) is 15.8. The maximum atomic E-state index is 14.5. The van der Waals surface area contributed by atoms with Crippen LogP contribution in [-0.2, 0) is 57.6 Å². The van der Waals surface area contributed by atoms with Gasteiger partial charge in [-0.05, 0) is 36.5 Å². The van der Waals surface area contributed by atoms with Crippen molar-refractivity contribution in [3.05, 3.63) is 90.1 Å². The van der Waals surface area contributed by atoms with Crippen LogP contribution in [0.15, 0.2) is 78.3 Å². The molecule has 2 aromatic heterocycles. The van der Waals surface area contributed by atoms with E-state index in [0.717, 1.165) is 17.3 Å². The predicted molar refractivity (Wildman–Crippen MR) is 246 cm³/mol. The van der Waals surface area contributed by atoms with Crippen molar-refractivity contribution in [2.75, 3.05) is 13.1 Å². The number of nitrogens with two attached hydrogens (primary N) is 4. The third kappa shape index (κ3) is 17.2. The molecule has 0 spiro atoms. The lowest BCUT2D eigenvalue weighted by Gasteiger charge is -2.27. The van der Waals surface area contributed by atoms with E-state index in [4.69, 9.17) is 22.9 Å². The van der Waals surface area contributed by atoms with Crippen LogP contribution in [0.4, 0.5) is 0 Å². The van der Waals surface area contributed by atoms with E-state index in [9.17, 15) is 43.5 Å². The van der Waals surface area contributed by atoms with Crippen molar-refractivity contribution in [2.45, 2.75) is 101 Å². The summed E-state index contributed by atoms with van der Waals surface area (Å²) in [5, 5.41) is 25.8. The largest absolute Gasteiger partial charge is 0.481 e. The quantitative estimate of drug-likeness (QED) is 0.0167. The number of carbonyl (C=O) groups is 8. The monoisotopic (exact) mass is 928 g/mol. The number of benzene rings is 2. The number of nitrogens with one attached hydrogen (secondary N) is 8. The Bertz CT molecular complexity index is 2330. The second-order valence-corrected chi connectivity index (χ2v) is 15.8. The Balaban J connectivity index is 1.64. The fourth-order valence-corrected chi connectivity index (χ4v) is 6.99. The zero-order chi connectivity index (χ0) is 48.9. The molecule has 0 aliphatic carbocycles. The summed E-state index contributed by atoms with van der Waals surface area (Å²) in [7, 11) is 0. The maximum absolute atomic E-state index is 14.5. The molecule has 360 valence electrons. The number of H-pyrrole nitrogens is 2. The number of carbonyl (C=O) groups excluding carboxylic acids is 7. The first kappa shape index (κ1) is 51.8. The van der Waals surface area contributed by atoms with Crippen LogP contribution in [-0.4, -0.2) is 123 Å². The number of carboxylic acid groups (broad SMARTS) is 1. The number of aromatic amines is 2. The molecule has 7 amide bonds. The Morgan fingerprint density at radius 3 is 1.91 bits per heavy atom. The highest BCUT2D eigenvalue weighted by atomic mass is 16.4. The topological polar surface area (TPSA) is 390 Å². The van der Waals surface area contributed by atoms with Gasteiger partial charge in [0.05, 0.1) is 25.3 Å². The van der Waals surface area contributed by atoms with Crippen LogP contribution in [0.25, 0.3) is 10.9 Å². The molecule has 67 heavy (non-hydrogen) atoms. The van der Waals surface area contributed by atoms with Gasteiger partial charge in [0.25, 0.3) is 0 Å². The van der Waals surface area contributed by atoms with Gasteiger partial charge >= 0.3 is 5.97 Å². The van der Waals surface area contributed by atoms with Crippen molar-refractivity contribution in [1.82, 2.24) is 46.9 Å². The minimum Gasteiger partial charge on any atom is -0.481 e. The number of rotatable bonds is 28. The van der Waals surface area contributed by atoms with Gasteiger partial charge in [0.2, 0.25) is 41.4 Å². The standard InChI is InChI=1S/C44H60N14O9/c1-2-3-13-29(45)38(62)55-35(20-37(60)61)43(67)58-34(19-27-22-49-24-53-27)42(66)56-32(17-25-10-5-4-6-11-25)41(65)54-31(15-9-16-50-44(47)48)40(64)57-33(39(63)52-23-36(46)59)18-26-21-51-30-14-8-7-12-28(26)30/h4-8,10-12,14,21-22,24,29,31-35,51H,2-3,9,13,15-20,23,45H2,1H3,(H2,46,59)(H,49,53)(H,52,63)(H,54,65)(H,55,62)(H,56,66)(H,57,64)(H,58,67)(H,60,61)(H4,47,48,50)/t29-,31-,32+,33-,34-,35-/m0/s1. The van der Waals surface area contributed by atoms with Crippen molar-refractivity contribution >= 4 is 64.2 Å². The molecule has 4 aromatic rings. The molecule has 2 aromatic carbocycles. The van der Waals surface area contributed by atoms with E-state index in [1.165, 1.54) is 12.5 Å². The first-order valence-corrected chi connectivity index (χ1v) is 21.7. The average molecular weight is 929 g/mol. The number of guanidine groups is 1. The van der Waals surface area contributed by atoms with Gasteiger partial charge in [0.1, 0.15) is 30.2 Å². The Hall–Kier alpha value is -7.82. The van der Waals surface area contributed by atoms with Gasteiger partial charge in [-0.3, -0.25) is 43.3 Å². The molecular formula is C44H60N14O9. The summed E-state index contributed by atoms with van der Waals surface area (Å²) in [5.41, 5.74) is 24.7. The molecule has 2 heterocycles. The predicted octanol–water partition coefficient (Wildman–Crippen LogP) is -2.01. The summed E-state index contributed by atoms with van der Waals surface area (Å²) in [6.45, 7) is 1.45. The fourth-order valence-electron chi connectivity index (χ4n) is 6.99. The van der Waals surface area contributed by atoms with Crippen molar-refractivity contribution in [3.63, 3.8) is 0 Å². The third-order valence-corrected chi connectivity index (χ3v) is 10.5. The first-order chi connectivity index (χ1) is 32.0. The van der Waals surface area contributed by atoms with Crippen molar-refractivity contribution in [2.24, 2.45) is 27.9 Å². The number of aliphatic imine (C=N–C) groups is 1. The van der Waals surface area contributed by atoms with E-state index >= 15 is 0 Å². The lowest BCUT2D eigenvalue weighted by molar-refractivity contribution is -0.141. The number of aliphatic carboxylic acids is 1. The minimum absolute atomic E-state index is 0.0339. The average Bonchev–Trinajstić information content (AvgIpc) is 3.97. The van der Waals surface area contributed by atoms with Crippen LogP contribution in [0, 0.1) is 0 Å². The number of imidazole rings is 1. The summed E-state index contributed by atoms with van der Waals surface area (Å²) >= 11 is 0. The van der Waals surface area contributed by atoms with Crippen molar-refractivity contribution in [3.8, 4) is 0 Å². The fraction of sp³-hybridized carbons (Fsp3) is 0.409. The van der Waals surface area contributed by atoms with Crippen LogP contribution in [0.3, 0.4) is 0 Å². The van der Waals surface area contributed by atoms with E-state index in [1.54, 1.807) is 36.5 Å². The number of carboxylic acids is 1. The van der Waals surface area contributed by atoms with Crippen LogP contribution in [0.2, 0.25) is 0 Å².